The van der Waals surface area contributed by atoms with Gasteiger partial charge in [0.2, 0.25) is 0 Å². The fraction of sp³-hybridized carbons (Fsp3) is 0.562. The minimum Gasteiger partial charge on any atom is -0.392 e. The molecule has 0 spiro atoms. The van der Waals surface area contributed by atoms with Crippen LogP contribution in [-0.4, -0.2) is 41.7 Å². The fourth-order valence-corrected chi connectivity index (χ4v) is 3.54. The lowest BCUT2D eigenvalue weighted by Gasteiger charge is -2.44. The Labute approximate surface area is 120 Å². The van der Waals surface area contributed by atoms with E-state index in [2.05, 4.69) is 22.8 Å². The third-order valence-corrected chi connectivity index (χ3v) is 4.61. The standard InChI is InChI=1S/C16H21N3O/c1-12-9-18-6-2-3-15(18)10-19(12)16-5-4-13(11-20)7-14(16)8-17/h4-5,7,12,15,20H,2-3,6,9-11H2,1H3. The number of anilines is 1. The van der Waals surface area contributed by atoms with E-state index < -0.39 is 0 Å². The van der Waals surface area contributed by atoms with Gasteiger partial charge < -0.3 is 10.0 Å². The zero-order chi connectivity index (χ0) is 14.1. The summed E-state index contributed by atoms with van der Waals surface area (Å²) in [5.41, 5.74) is 2.50. The Kier molecular flexibility index (Phi) is 3.64. The monoisotopic (exact) mass is 271 g/mol. The van der Waals surface area contributed by atoms with Crippen LogP contribution in [0.4, 0.5) is 5.69 Å². The lowest BCUT2D eigenvalue weighted by atomic mass is 10.0. The fourth-order valence-electron chi connectivity index (χ4n) is 3.54. The second kappa shape index (κ2) is 5.43. The van der Waals surface area contributed by atoms with Crippen molar-refractivity contribution in [3.8, 4) is 6.07 Å². The van der Waals surface area contributed by atoms with E-state index in [0.29, 0.717) is 17.6 Å². The summed E-state index contributed by atoms with van der Waals surface area (Å²) in [6.07, 6.45) is 2.56. The van der Waals surface area contributed by atoms with E-state index >= 15 is 0 Å². The normalized spacial score (nSPS) is 26.4. The molecule has 4 heteroatoms. The number of aliphatic hydroxyl groups excluding tert-OH is 1. The summed E-state index contributed by atoms with van der Waals surface area (Å²) in [5, 5.41) is 18.6. The SMILES string of the molecule is CC1CN2CCCC2CN1c1ccc(CO)cc1C#N. The molecule has 20 heavy (non-hydrogen) atoms. The highest BCUT2D eigenvalue weighted by molar-refractivity contribution is 5.61. The summed E-state index contributed by atoms with van der Waals surface area (Å²) in [4.78, 5) is 4.95. The van der Waals surface area contributed by atoms with Gasteiger partial charge in [-0.05, 0) is 44.0 Å². The van der Waals surface area contributed by atoms with E-state index in [0.717, 1.165) is 24.3 Å². The molecule has 2 heterocycles. The highest BCUT2D eigenvalue weighted by Gasteiger charge is 2.35. The summed E-state index contributed by atoms with van der Waals surface area (Å²) in [6, 6.07) is 9.06. The Morgan fingerprint density at radius 2 is 2.25 bits per heavy atom. The van der Waals surface area contributed by atoms with Gasteiger partial charge in [0.05, 0.1) is 17.9 Å². The third-order valence-electron chi connectivity index (χ3n) is 4.61. The van der Waals surface area contributed by atoms with Crippen LogP contribution >= 0.6 is 0 Å². The maximum absolute atomic E-state index is 9.37. The van der Waals surface area contributed by atoms with Crippen LogP contribution < -0.4 is 4.90 Å². The van der Waals surface area contributed by atoms with Crippen LogP contribution in [0.2, 0.25) is 0 Å². The molecule has 0 radical (unpaired) electrons. The van der Waals surface area contributed by atoms with Gasteiger partial charge in [-0.3, -0.25) is 4.90 Å². The minimum absolute atomic E-state index is 0.0130. The number of piperazine rings is 1. The summed E-state index contributed by atoms with van der Waals surface area (Å²) >= 11 is 0. The van der Waals surface area contributed by atoms with Crippen molar-refractivity contribution in [3.05, 3.63) is 29.3 Å². The maximum Gasteiger partial charge on any atom is 0.101 e. The minimum atomic E-state index is -0.0130. The molecular formula is C16H21N3O. The van der Waals surface area contributed by atoms with Crippen LogP contribution in [0.3, 0.4) is 0 Å². The number of fused-ring (bicyclic) bond motifs is 1. The van der Waals surface area contributed by atoms with Gasteiger partial charge in [0.25, 0.3) is 0 Å². The van der Waals surface area contributed by atoms with Gasteiger partial charge in [-0.25, -0.2) is 0 Å². The number of benzene rings is 1. The van der Waals surface area contributed by atoms with Crippen LogP contribution in [0.1, 0.15) is 30.9 Å². The molecule has 0 aromatic heterocycles. The summed E-state index contributed by atoms with van der Waals surface area (Å²) in [7, 11) is 0. The molecule has 1 aromatic carbocycles. The topological polar surface area (TPSA) is 50.5 Å². The van der Waals surface area contributed by atoms with Gasteiger partial charge in [-0.15, -0.1) is 0 Å². The Hall–Kier alpha value is -1.57. The van der Waals surface area contributed by atoms with Gasteiger partial charge in [-0.1, -0.05) is 6.07 Å². The molecule has 2 aliphatic heterocycles. The van der Waals surface area contributed by atoms with Crippen molar-refractivity contribution >= 4 is 5.69 Å². The zero-order valence-corrected chi connectivity index (χ0v) is 11.9. The second-order valence-electron chi connectivity index (χ2n) is 5.91. The van der Waals surface area contributed by atoms with Gasteiger partial charge in [0.1, 0.15) is 6.07 Å². The predicted molar refractivity (Wildman–Crippen MR) is 78.5 cm³/mol. The van der Waals surface area contributed by atoms with Crippen molar-refractivity contribution < 1.29 is 5.11 Å². The molecule has 3 rings (SSSR count). The molecule has 4 nitrogen and oxygen atoms in total. The van der Waals surface area contributed by atoms with Gasteiger partial charge in [0.15, 0.2) is 0 Å². The van der Waals surface area contributed by atoms with Crippen LogP contribution in [0, 0.1) is 11.3 Å². The predicted octanol–water partition coefficient (Wildman–Crippen LogP) is 1.72. The van der Waals surface area contributed by atoms with E-state index in [-0.39, 0.29) is 6.61 Å². The Morgan fingerprint density at radius 3 is 3.00 bits per heavy atom. The molecule has 0 bridgehead atoms. The first-order valence-electron chi connectivity index (χ1n) is 7.37. The molecule has 2 fully saturated rings. The largest absolute Gasteiger partial charge is 0.392 e. The number of nitrogens with zero attached hydrogens (tertiary/aromatic N) is 3. The molecule has 2 unspecified atom stereocenters. The van der Waals surface area contributed by atoms with Crippen LogP contribution in [0.25, 0.3) is 0 Å². The van der Waals surface area contributed by atoms with E-state index in [1.807, 2.05) is 18.2 Å². The van der Waals surface area contributed by atoms with E-state index in [1.54, 1.807) is 0 Å². The number of aliphatic hydroxyl groups is 1. The number of rotatable bonds is 2. The van der Waals surface area contributed by atoms with Crippen LogP contribution in [0.5, 0.6) is 0 Å². The van der Waals surface area contributed by atoms with Crippen molar-refractivity contribution in [1.82, 2.24) is 4.90 Å². The maximum atomic E-state index is 9.37. The number of hydrogen-bond acceptors (Lipinski definition) is 4. The molecule has 2 aliphatic rings. The summed E-state index contributed by atoms with van der Waals surface area (Å²) in [5.74, 6) is 0. The molecule has 2 atom stereocenters. The smallest absolute Gasteiger partial charge is 0.101 e. The molecule has 1 N–H and O–H groups in total. The number of hydrogen-bond donors (Lipinski definition) is 1. The molecule has 106 valence electrons. The average Bonchev–Trinajstić information content (AvgIpc) is 2.92. The summed E-state index contributed by atoms with van der Waals surface area (Å²) in [6.45, 7) is 5.53. The average molecular weight is 271 g/mol. The number of nitriles is 1. The van der Waals surface area contributed by atoms with Crippen molar-refractivity contribution in [3.63, 3.8) is 0 Å². The van der Waals surface area contributed by atoms with E-state index in [4.69, 9.17) is 0 Å². The first-order chi connectivity index (χ1) is 9.72. The molecular weight excluding hydrogens is 250 g/mol. The highest BCUT2D eigenvalue weighted by atomic mass is 16.3. The first kappa shape index (κ1) is 13.4. The Bertz CT molecular complexity index is 537. The second-order valence-corrected chi connectivity index (χ2v) is 5.91. The van der Waals surface area contributed by atoms with E-state index in [9.17, 15) is 10.4 Å². The van der Waals surface area contributed by atoms with Crippen LogP contribution in [-0.2, 0) is 6.61 Å². The van der Waals surface area contributed by atoms with Crippen molar-refractivity contribution in [2.45, 2.75) is 38.5 Å². The lowest BCUT2D eigenvalue weighted by Crippen LogP contribution is -2.55. The first-order valence-corrected chi connectivity index (χ1v) is 7.37. The molecule has 0 amide bonds. The quantitative estimate of drug-likeness (QED) is 0.890. The molecule has 0 aliphatic carbocycles. The lowest BCUT2D eigenvalue weighted by molar-refractivity contribution is 0.203. The van der Waals surface area contributed by atoms with Crippen molar-refractivity contribution in [1.29, 1.82) is 5.26 Å². The molecule has 2 saturated heterocycles. The molecule has 1 aromatic rings. The highest BCUT2D eigenvalue weighted by Crippen LogP contribution is 2.31. The van der Waals surface area contributed by atoms with E-state index in [1.165, 1.54) is 19.4 Å². The Balaban J connectivity index is 1.90. The third kappa shape index (κ3) is 2.28. The van der Waals surface area contributed by atoms with Crippen molar-refractivity contribution in [2.24, 2.45) is 0 Å². The Morgan fingerprint density at radius 1 is 1.40 bits per heavy atom. The molecule has 0 saturated carbocycles. The van der Waals surface area contributed by atoms with Crippen molar-refractivity contribution in [2.75, 3.05) is 24.5 Å². The zero-order valence-electron chi connectivity index (χ0n) is 11.9. The van der Waals surface area contributed by atoms with Gasteiger partial charge in [0, 0.05) is 25.2 Å². The van der Waals surface area contributed by atoms with Gasteiger partial charge in [-0.2, -0.15) is 5.26 Å². The van der Waals surface area contributed by atoms with Crippen LogP contribution in [0.15, 0.2) is 18.2 Å². The summed E-state index contributed by atoms with van der Waals surface area (Å²) < 4.78 is 0. The van der Waals surface area contributed by atoms with Gasteiger partial charge >= 0.3 is 0 Å².